The fourth-order valence-electron chi connectivity index (χ4n) is 2.07. The van der Waals surface area contributed by atoms with Gasteiger partial charge in [0, 0.05) is 37.6 Å². The molecule has 0 unspecified atom stereocenters. The summed E-state index contributed by atoms with van der Waals surface area (Å²) in [5.41, 5.74) is 2.47. The molecule has 0 saturated heterocycles. The molecule has 116 valence electrons. The molecule has 0 spiro atoms. The van der Waals surface area contributed by atoms with Crippen LogP contribution in [0.1, 0.15) is 11.1 Å². The highest BCUT2D eigenvalue weighted by Crippen LogP contribution is 2.09. The molecule has 0 saturated carbocycles. The molecule has 22 heavy (non-hydrogen) atoms. The van der Waals surface area contributed by atoms with E-state index in [4.69, 9.17) is 11.6 Å². The Morgan fingerprint density at radius 2 is 1.73 bits per heavy atom. The van der Waals surface area contributed by atoms with Crippen molar-refractivity contribution in [2.45, 2.75) is 12.8 Å². The van der Waals surface area contributed by atoms with E-state index in [0.29, 0.717) is 0 Å². The molecule has 0 amide bonds. The average molecular weight is 317 g/mol. The van der Waals surface area contributed by atoms with Crippen LogP contribution in [0.25, 0.3) is 0 Å². The van der Waals surface area contributed by atoms with Gasteiger partial charge in [-0.15, -0.1) is 0 Å². The van der Waals surface area contributed by atoms with Crippen LogP contribution < -0.4 is 10.6 Å². The van der Waals surface area contributed by atoms with Crippen molar-refractivity contribution >= 4 is 17.6 Å². The molecule has 1 aromatic carbocycles. The quantitative estimate of drug-likeness (QED) is 0.636. The summed E-state index contributed by atoms with van der Waals surface area (Å²) in [5.74, 6) is 0.817. The number of hydrogen-bond donors (Lipinski definition) is 2. The summed E-state index contributed by atoms with van der Waals surface area (Å²) >= 11 is 5.88. The average Bonchev–Trinajstić information content (AvgIpc) is 2.56. The van der Waals surface area contributed by atoms with Crippen LogP contribution in [-0.4, -0.2) is 31.1 Å². The number of halogens is 1. The van der Waals surface area contributed by atoms with E-state index >= 15 is 0 Å². The number of nitrogens with one attached hydrogen (secondary N) is 2. The molecule has 0 radical (unpaired) electrons. The maximum atomic E-state index is 5.88. The number of aliphatic imine (C=N–C) groups is 1. The lowest BCUT2D eigenvalue weighted by atomic mass is 10.1. The van der Waals surface area contributed by atoms with Gasteiger partial charge in [-0.2, -0.15) is 0 Å². The third-order valence-electron chi connectivity index (χ3n) is 3.27. The molecule has 0 aliphatic heterocycles. The van der Waals surface area contributed by atoms with E-state index in [-0.39, 0.29) is 0 Å². The predicted molar refractivity (Wildman–Crippen MR) is 92.5 cm³/mol. The second kappa shape index (κ2) is 9.05. The van der Waals surface area contributed by atoms with Gasteiger partial charge in [0.1, 0.15) is 0 Å². The van der Waals surface area contributed by atoms with Gasteiger partial charge in [-0.3, -0.25) is 9.98 Å². The minimum atomic E-state index is 0.768. The standard InChI is InChI=1S/C17H21ClN4/c1-19-17(22-12-9-15-3-2-10-20-13-15)21-11-8-14-4-6-16(18)7-5-14/h2-7,10,13H,8-9,11-12H2,1H3,(H2,19,21,22). The van der Waals surface area contributed by atoms with Gasteiger partial charge in [0.15, 0.2) is 5.96 Å². The van der Waals surface area contributed by atoms with Gasteiger partial charge in [-0.25, -0.2) is 0 Å². The molecule has 0 aliphatic rings. The lowest BCUT2D eigenvalue weighted by Gasteiger charge is -2.11. The van der Waals surface area contributed by atoms with Gasteiger partial charge in [0.25, 0.3) is 0 Å². The Hall–Kier alpha value is -2.07. The monoisotopic (exact) mass is 316 g/mol. The highest BCUT2D eigenvalue weighted by atomic mass is 35.5. The van der Waals surface area contributed by atoms with Crippen LogP contribution in [0.5, 0.6) is 0 Å². The molecule has 1 aromatic heterocycles. The third-order valence-corrected chi connectivity index (χ3v) is 3.52. The normalized spacial score (nSPS) is 11.3. The van der Waals surface area contributed by atoms with Crippen LogP contribution >= 0.6 is 11.6 Å². The van der Waals surface area contributed by atoms with Gasteiger partial charge in [-0.05, 0) is 42.2 Å². The fraction of sp³-hybridized carbons (Fsp3) is 0.294. The lowest BCUT2D eigenvalue weighted by molar-refractivity contribution is 0.783. The molecule has 5 heteroatoms. The van der Waals surface area contributed by atoms with Crippen LogP contribution in [-0.2, 0) is 12.8 Å². The van der Waals surface area contributed by atoms with Crippen molar-refractivity contribution < 1.29 is 0 Å². The summed E-state index contributed by atoms with van der Waals surface area (Å²) in [4.78, 5) is 8.33. The van der Waals surface area contributed by atoms with Crippen molar-refractivity contribution in [2.24, 2.45) is 4.99 Å². The first kappa shape index (κ1) is 16.3. The molecule has 0 atom stereocenters. The first-order chi connectivity index (χ1) is 10.8. The first-order valence-corrected chi connectivity index (χ1v) is 7.73. The molecule has 2 aromatic rings. The van der Waals surface area contributed by atoms with Gasteiger partial charge < -0.3 is 10.6 Å². The molecule has 0 bridgehead atoms. The Morgan fingerprint density at radius 1 is 1.05 bits per heavy atom. The molecular formula is C17H21ClN4. The van der Waals surface area contributed by atoms with Crippen molar-refractivity contribution in [3.63, 3.8) is 0 Å². The Balaban J connectivity index is 1.68. The van der Waals surface area contributed by atoms with Crippen LogP contribution in [0.4, 0.5) is 0 Å². The Bertz CT molecular complexity index is 581. The van der Waals surface area contributed by atoms with E-state index in [1.54, 1.807) is 13.2 Å². The number of rotatable bonds is 6. The molecule has 2 N–H and O–H groups in total. The van der Waals surface area contributed by atoms with E-state index in [2.05, 4.69) is 26.7 Å². The highest BCUT2D eigenvalue weighted by Gasteiger charge is 1.99. The van der Waals surface area contributed by atoms with Gasteiger partial charge in [0.05, 0.1) is 0 Å². The second-order valence-corrected chi connectivity index (χ2v) is 5.35. The third kappa shape index (κ3) is 5.74. The van der Waals surface area contributed by atoms with E-state index in [0.717, 1.165) is 36.9 Å². The summed E-state index contributed by atoms with van der Waals surface area (Å²) in [5, 5.41) is 7.38. The topological polar surface area (TPSA) is 49.3 Å². The maximum absolute atomic E-state index is 5.88. The zero-order valence-electron chi connectivity index (χ0n) is 12.7. The van der Waals surface area contributed by atoms with E-state index in [9.17, 15) is 0 Å². The summed E-state index contributed by atoms with van der Waals surface area (Å²) in [6, 6.07) is 11.9. The SMILES string of the molecule is CN=C(NCCc1ccc(Cl)cc1)NCCc1cccnc1. The van der Waals surface area contributed by atoms with Crippen molar-refractivity contribution in [3.05, 3.63) is 64.9 Å². The van der Waals surface area contributed by atoms with Crippen LogP contribution in [0.15, 0.2) is 53.8 Å². The Labute approximate surface area is 136 Å². The summed E-state index contributed by atoms with van der Waals surface area (Å²) in [7, 11) is 1.78. The van der Waals surface area contributed by atoms with Gasteiger partial charge in [0.2, 0.25) is 0 Å². The number of aromatic nitrogens is 1. The Morgan fingerprint density at radius 3 is 2.32 bits per heavy atom. The largest absolute Gasteiger partial charge is 0.356 e. The minimum absolute atomic E-state index is 0.768. The zero-order valence-corrected chi connectivity index (χ0v) is 13.5. The van der Waals surface area contributed by atoms with Crippen molar-refractivity contribution in [2.75, 3.05) is 20.1 Å². The van der Waals surface area contributed by atoms with Crippen LogP contribution in [0.2, 0.25) is 5.02 Å². The first-order valence-electron chi connectivity index (χ1n) is 7.36. The number of nitrogens with zero attached hydrogens (tertiary/aromatic N) is 2. The maximum Gasteiger partial charge on any atom is 0.190 e. The lowest BCUT2D eigenvalue weighted by Crippen LogP contribution is -2.39. The predicted octanol–water partition coefficient (Wildman–Crippen LogP) is 2.69. The molecular weight excluding hydrogens is 296 g/mol. The summed E-state index contributed by atoms with van der Waals surface area (Å²) in [6.07, 6.45) is 5.53. The Kier molecular flexibility index (Phi) is 6.71. The molecule has 0 aliphatic carbocycles. The molecule has 1 heterocycles. The number of hydrogen-bond acceptors (Lipinski definition) is 2. The number of guanidine groups is 1. The van der Waals surface area contributed by atoms with E-state index < -0.39 is 0 Å². The van der Waals surface area contributed by atoms with Crippen LogP contribution in [0.3, 0.4) is 0 Å². The number of benzene rings is 1. The van der Waals surface area contributed by atoms with Crippen molar-refractivity contribution in [1.82, 2.24) is 15.6 Å². The molecule has 4 nitrogen and oxygen atoms in total. The number of pyridine rings is 1. The van der Waals surface area contributed by atoms with Gasteiger partial charge in [-0.1, -0.05) is 29.8 Å². The highest BCUT2D eigenvalue weighted by molar-refractivity contribution is 6.30. The molecule has 2 rings (SSSR count). The summed E-state index contributed by atoms with van der Waals surface area (Å²) in [6.45, 7) is 1.65. The minimum Gasteiger partial charge on any atom is -0.356 e. The smallest absolute Gasteiger partial charge is 0.190 e. The molecule has 0 fully saturated rings. The fourth-order valence-corrected chi connectivity index (χ4v) is 2.19. The zero-order chi connectivity index (χ0) is 15.6. The second-order valence-electron chi connectivity index (χ2n) is 4.91. The van der Waals surface area contributed by atoms with Crippen molar-refractivity contribution in [3.8, 4) is 0 Å². The van der Waals surface area contributed by atoms with E-state index in [1.165, 1.54) is 11.1 Å². The van der Waals surface area contributed by atoms with Gasteiger partial charge >= 0.3 is 0 Å². The summed E-state index contributed by atoms with van der Waals surface area (Å²) < 4.78 is 0. The van der Waals surface area contributed by atoms with Crippen molar-refractivity contribution in [1.29, 1.82) is 0 Å². The van der Waals surface area contributed by atoms with E-state index in [1.807, 2.05) is 36.5 Å². The van der Waals surface area contributed by atoms with Crippen LogP contribution in [0, 0.1) is 0 Å².